The van der Waals surface area contributed by atoms with Gasteiger partial charge in [-0.1, -0.05) is 30.4 Å². The highest BCUT2D eigenvalue weighted by Gasteiger charge is 2.34. The van der Waals surface area contributed by atoms with Crippen molar-refractivity contribution >= 4 is 39.7 Å². The number of carbonyl (C=O) groups is 2. The van der Waals surface area contributed by atoms with Crippen molar-refractivity contribution in [1.82, 2.24) is 15.2 Å². The molecule has 2 aromatic carbocycles. The zero-order chi connectivity index (χ0) is 28.9. The fourth-order valence-corrected chi connectivity index (χ4v) is 4.84. The van der Waals surface area contributed by atoms with Crippen molar-refractivity contribution < 1.29 is 22.8 Å². The van der Waals surface area contributed by atoms with Gasteiger partial charge in [0.1, 0.15) is 4.88 Å². The topological polar surface area (TPSA) is 98.4 Å². The first-order valence-corrected chi connectivity index (χ1v) is 13.9. The molecule has 8 nitrogen and oxygen atoms in total. The van der Waals surface area contributed by atoms with Gasteiger partial charge in [0.25, 0.3) is 11.8 Å². The van der Waals surface area contributed by atoms with E-state index in [1.807, 2.05) is 11.8 Å². The zero-order valence-electron chi connectivity index (χ0n) is 22.6. The molecule has 1 aliphatic carbocycles. The number of thiazole rings is 1. The van der Waals surface area contributed by atoms with Crippen molar-refractivity contribution in [2.75, 3.05) is 42.6 Å². The summed E-state index contributed by atoms with van der Waals surface area (Å²) in [4.78, 5) is 32.4. The molecule has 3 aromatic rings. The first kappa shape index (κ1) is 29.5. The van der Waals surface area contributed by atoms with E-state index >= 15 is 0 Å². The van der Waals surface area contributed by atoms with E-state index in [1.54, 1.807) is 26.1 Å². The number of alkyl halides is 3. The summed E-state index contributed by atoms with van der Waals surface area (Å²) in [6.07, 6.45) is -0.903. The molecule has 0 atom stereocenters. The molecule has 0 saturated heterocycles. The van der Waals surface area contributed by atoms with Crippen LogP contribution >= 0.6 is 11.3 Å². The predicted octanol–water partition coefficient (Wildman–Crippen LogP) is 5.59. The maximum absolute atomic E-state index is 13.9. The second-order valence-corrected chi connectivity index (χ2v) is 10.8. The molecule has 40 heavy (non-hydrogen) atoms. The van der Waals surface area contributed by atoms with Gasteiger partial charge in [0, 0.05) is 42.6 Å². The van der Waals surface area contributed by atoms with E-state index in [4.69, 9.17) is 0 Å². The fraction of sp³-hybridized carbons (Fsp3) is 0.393. The average molecular weight is 575 g/mol. The van der Waals surface area contributed by atoms with Crippen LogP contribution in [0.15, 0.2) is 42.6 Å². The van der Waals surface area contributed by atoms with Gasteiger partial charge in [0.15, 0.2) is 5.13 Å². The molecule has 1 heterocycles. The fourth-order valence-electron chi connectivity index (χ4n) is 4.05. The number of nitrogens with one attached hydrogen (secondary N) is 4. The van der Waals surface area contributed by atoms with Gasteiger partial charge in [0.05, 0.1) is 11.8 Å². The van der Waals surface area contributed by atoms with E-state index < -0.39 is 17.6 Å². The normalized spacial score (nSPS) is 13.4. The number of likely N-dealkylation sites (N-methyl/N-ethyl adjacent to an activating group) is 2. The zero-order valence-corrected chi connectivity index (χ0v) is 23.4. The Bertz CT molecular complexity index is 1360. The van der Waals surface area contributed by atoms with Gasteiger partial charge in [-0.2, -0.15) is 13.2 Å². The summed E-state index contributed by atoms with van der Waals surface area (Å²) >= 11 is 1.25. The van der Waals surface area contributed by atoms with E-state index in [-0.39, 0.29) is 29.3 Å². The van der Waals surface area contributed by atoms with Gasteiger partial charge in [-0.05, 0) is 68.8 Å². The Labute approximate surface area is 235 Å². The van der Waals surface area contributed by atoms with Gasteiger partial charge >= 0.3 is 6.18 Å². The van der Waals surface area contributed by atoms with Crippen LogP contribution in [0.4, 0.5) is 29.7 Å². The molecule has 0 spiro atoms. The van der Waals surface area contributed by atoms with Crippen LogP contribution in [0.1, 0.15) is 56.5 Å². The van der Waals surface area contributed by atoms with Gasteiger partial charge in [-0.3, -0.25) is 14.5 Å². The molecule has 1 fully saturated rings. The minimum absolute atomic E-state index is 0.0332. The standard InChI is InChI=1S/C28H33F3N6O2S/c1-4-37(12-11-32-3)16-19-7-8-21(14-22(19)28(29,30)31)34-25(38)18-6-5-17(2)23(13-18)36-26(39)24-15-33-27(40-24)35-20-9-10-20/h5-8,13-15,20,32H,4,9-12,16H2,1-3H3,(H,33,35)(H,34,38)(H,36,39). The molecule has 0 aliphatic heterocycles. The summed E-state index contributed by atoms with van der Waals surface area (Å²) in [7, 11) is 1.79. The van der Waals surface area contributed by atoms with Crippen molar-refractivity contribution in [2.24, 2.45) is 0 Å². The number of aryl methyl sites for hydroxylation is 1. The third-order valence-corrected chi connectivity index (χ3v) is 7.50. The largest absolute Gasteiger partial charge is 0.416 e. The van der Waals surface area contributed by atoms with Crippen LogP contribution in [0.25, 0.3) is 0 Å². The Balaban J connectivity index is 1.47. The first-order chi connectivity index (χ1) is 19.1. The lowest BCUT2D eigenvalue weighted by atomic mass is 10.0. The average Bonchev–Trinajstić information content (AvgIpc) is 3.61. The number of amides is 2. The van der Waals surface area contributed by atoms with Crippen LogP contribution in [0.3, 0.4) is 0 Å². The highest BCUT2D eigenvalue weighted by atomic mass is 32.1. The Hall–Kier alpha value is -3.48. The van der Waals surface area contributed by atoms with E-state index in [2.05, 4.69) is 26.3 Å². The Morgan fingerprint density at radius 3 is 2.55 bits per heavy atom. The molecule has 0 unspecified atom stereocenters. The number of nitrogens with zero attached hydrogens (tertiary/aromatic N) is 2. The van der Waals surface area contributed by atoms with E-state index in [0.717, 1.165) is 24.5 Å². The maximum Gasteiger partial charge on any atom is 0.416 e. The number of hydrogen-bond acceptors (Lipinski definition) is 7. The lowest BCUT2D eigenvalue weighted by Crippen LogP contribution is -2.31. The van der Waals surface area contributed by atoms with Crippen molar-refractivity contribution in [3.05, 3.63) is 69.7 Å². The number of aromatic nitrogens is 1. The lowest BCUT2D eigenvalue weighted by molar-refractivity contribution is -0.138. The number of hydrogen-bond donors (Lipinski definition) is 4. The van der Waals surface area contributed by atoms with E-state index in [1.165, 1.54) is 35.7 Å². The second kappa shape index (κ2) is 12.8. The van der Waals surface area contributed by atoms with Crippen LogP contribution in [0.2, 0.25) is 0 Å². The van der Waals surface area contributed by atoms with Crippen LogP contribution in [-0.2, 0) is 12.7 Å². The molecule has 0 radical (unpaired) electrons. The van der Waals surface area contributed by atoms with Gasteiger partial charge < -0.3 is 21.3 Å². The van der Waals surface area contributed by atoms with E-state index in [0.29, 0.717) is 41.4 Å². The summed E-state index contributed by atoms with van der Waals surface area (Å²) in [6.45, 7) is 5.69. The molecular weight excluding hydrogens is 541 g/mol. The maximum atomic E-state index is 13.9. The molecule has 4 rings (SSSR count). The summed E-state index contributed by atoms with van der Waals surface area (Å²) in [6, 6.07) is 9.00. The van der Waals surface area contributed by atoms with Crippen molar-refractivity contribution in [3.8, 4) is 0 Å². The Kier molecular flexibility index (Phi) is 9.44. The van der Waals surface area contributed by atoms with Crippen molar-refractivity contribution in [3.63, 3.8) is 0 Å². The van der Waals surface area contributed by atoms with Crippen LogP contribution in [-0.4, -0.2) is 54.4 Å². The molecule has 12 heteroatoms. The highest BCUT2D eigenvalue weighted by Crippen LogP contribution is 2.35. The molecule has 1 aliphatic rings. The monoisotopic (exact) mass is 574 g/mol. The second-order valence-electron chi connectivity index (χ2n) is 9.73. The lowest BCUT2D eigenvalue weighted by Gasteiger charge is -2.23. The number of benzene rings is 2. The number of carbonyl (C=O) groups excluding carboxylic acids is 2. The SMILES string of the molecule is CCN(CCNC)Cc1ccc(NC(=O)c2ccc(C)c(NC(=O)c3cnc(NC4CC4)s3)c2)cc1C(F)(F)F. The van der Waals surface area contributed by atoms with Crippen LogP contribution in [0, 0.1) is 6.92 Å². The highest BCUT2D eigenvalue weighted by molar-refractivity contribution is 7.17. The third kappa shape index (κ3) is 7.80. The minimum atomic E-state index is -4.58. The molecule has 214 valence electrons. The summed E-state index contributed by atoms with van der Waals surface area (Å²) in [5.41, 5.74) is 0.741. The van der Waals surface area contributed by atoms with Crippen LogP contribution in [0.5, 0.6) is 0 Å². The third-order valence-electron chi connectivity index (χ3n) is 6.57. The van der Waals surface area contributed by atoms with Gasteiger partial charge in [-0.15, -0.1) is 0 Å². The molecule has 1 saturated carbocycles. The molecular formula is C28H33F3N6O2S. The Morgan fingerprint density at radius 2 is 1.88 bits per heavy atom. The van der Waals surface area contributed by atoms with Gasteiger partial charge in [-0.25, -0.2) is 4.98 Å². The molecule has 2 amide bonds. The van der Waals surface area contributed by atoms with Crippen molar-refractivity contribution in [2.45, 2.75) is 45.5 Å². The Morgan fingerprint density at radius 1 is 1.10 bits per heavy atom. The molecule has 0 bridgehead atoms. The van der Waals surface area contributed by atoms with E-state index in [9.17, 15) is 22.8 Å². The number of rotatable bonds is 12. The van der Waals surface area contributed by atoms with Crippen LogP contribution < -0.4 is 21.3 Å². The minimum Gasteiger partial charge on any atom is -0.359 e. The molecule has 4 N–H and O–H groups in total. The summed E-state index contributed by atoms with van der Waals surface area (Å²) in [5.74, 6) is -0.947. The summed E-state index contributed by atoms with van der Waals surface area (Å²) in [5, 5.41) is 12.3. The summed E-state index contributed by atoms with van der Waals surface area (Å²) < 4.78 is 41.8. The molecule has 1 aromatic heterocycles. The van der Waals surface area contributed by atoms with Gasteiger partial charge in [0.2, 0.25) is 0 Å². The number of halogens is 3. The first-order valence-electron chi connectivity index (χ1n) is 13.1. The number of anilines is 3. The quantitative estimate of drug-likeness (QED) is 0.225. The smallest absolute Gasteiger partial charge is 0.359 e. The predicted molar refractivity (Wildman–Crippen MR) is 152 cm³/mol. The van der Waals surface area contributed by atoms with Crippen molar-refractivity contribution in [1.29, 1.82) is 0 Å².